The highest BCUT2D eigenvalue weighted by Crippen LogP contribution is 2.35. The predicted molar refractivity (Wildman–Crippen MR) is 123 cm³/mol. The number of piperidine rings is 1. The summed E-state index contributed by atoms with van der Waals surface area (Å²) < 4.78 is 0. The Morgan fingerprint density at radius 2 is 1.97 bits per heavy atom. The van der Waals surface area contributed by atoms with E-state index in [1.165, 1.54) is 23.3 Å². The molecule has 166 valence electrons. The van der Waals surface area contributed by atoms with Crippen molar-refractivity contribution < 1.29 is 4.79 Å². The van der Waals surface area contributed by atoms with E-state index >= 15 is 0 Å². The number of carbonyl (C=O) groups is 1. The van der Waals surface area contributed by atoms with Crippen molar-refractivity contribution in [2.45, 2.75) is 83.8 Å². The molecule has 7 heteroatoms. The molecular formula is C24H32N4O2S. The van der Waals surface area contributed by atoms with Gasteiger partial charge in [-0.1, -0.05) is 0 Å². The summed E-state index contributed by atoms with van der Waals surface area (Å²) in [5.74, 6) is 0.791. The molecule has 31 heavy (non-hydrogen) atoms. The van der Waals surface area contributed by atoms with E-state index in [0.717, 1.165) is 68.4 Å². The topological polar surface area (TPSA) is 69.3 Å². The van der Waals surface area contributed by atoms with Gasteiger partial charge in [-0.05, 0) is 70.8 Å². The molecule has 2 aromatic rings. The number of aryl methyl sites for hydroxylation is 1. The number of aromatic amines is 1. The number of aromatic nitrogens is 2. The lowest BCUT2D eigenvalue weighted by molar-refractivity contribution is 0.0597. The molecule has 5 rings (SSSR count). The van der Waals surface area contributed by atoms with E-state index in [0.29, 0.717) is 18.4 Å². The van der Waals surface area contributed by atoms with E-state index in [1.807, 2.05) is 4.90 Å². The zero-order valence-electron chi connectivity index (χ0n) is 18.6. The second kappa shape index (κ2) is 8.51. The van der Waals surface area contributed by atoms with E-state index in [2.05, 4.69) is 29.1 Å². The molecule has 6 nitrogen and oxygen atoms in total. The van der Waals surface area contributed by atoms with E-state index < -0.39 is 0 Å². The Hall–Kier alpha value is -1.99. The number of likely N-dealkylation sites (tertiary alicyclic amines) is 1. The molecule has 1 unspecified atom stereocenters. The highest BCUT2D eigenvalue weighted by molar-refractivity contribution is 7.10. The van der Waals surface area contributed by atoms with Gasteiger partial charge in [0.25, 0.3) is 11.5 Å². The minimum absolute atomic E-state index is 0.0192. The zero-order valence-corrected chi connectivity index (χ0v) is 19.4. The zero-order chi connectivity index (χ0) is 21.5. The average Bonchev–Trinajstić information content (AvgIpc) is 3.22. The highest BCUT2D eigenvalue weighted by atomic mass is 32.1. The molecule has 1 saturated heterocycles. The summed E-state index contributed by atoms with van der Waals surface area (Å²) in [5.41, 5.74) is 3.85. The molecule has 3 aliphatic rings. The van der Waals surface area contributed by atoms with Crippen LogP contribution >= 0.6 is 11.3 Å². The molecule has 1 aliphatic carbocycles. The summed E-state index contributed by atoms with van der Waals surface area (Å²) in [6, 6.07) is 0.281. The van der Waals surface area contributed by atoms with Gasteiger partial charge < -0.3 is 9.88 Å². The Kier molecular flexibility index (Phi) is 5.73. The second-order valence-corrected chi connectivity index (χ2v) is 10.4. The predicted octanol–water partition coefficient (Wildman–Crippen LogP) is 3.84. The van der Waals surface area contributed by atoms with E-state index in [9.17, 15) is 9.59 Å². The first-order valence-corrected chi connectivity index (χ1v) is 12.7. The Morgan fingerprint density at radius 1 is 1.13 bits per heavy atom. The van der Waals surface area contributed by atoms with Crippen LogP contribution in [0, 0.1) is 0 Å². The molecule has 0 bridgehead atoms. The first-order valence-electron chi connectivity index (χ1n) is 11.8. The van der Waals surface area contributed by atoms with Crippen molar-refractivity contribution in [3.63, 3.8) is 0 Å². The molecule has 2 aromatic heterocycles. The molecule has 1 N–H and O–H groups in total. The highest BCUT2D eigenvalue weighted by Gasteiger charge is 2.34. The third-order valence-electron chi connectivity index (χ3n) is 7.22. The minimum Gasteiger partial charge on any atom is -0.328 e. The van der Waals surface area contributed by atoms with Crippen LogP contribution < -0.4 is 5.56 Å². The molecule has 0 aromatic carbocycles. The van der Waals surface area contributed by atoms with Crippen molar-refractivity contribution in [1.82, 2.24) is 19.8 Å². The Morgan fingerprint density at radius 3 is 2.81 bits per heavy atom. The van der Waals surface area contributed by atoms with Crippen molar-refractivity contribution in [2.75, 3.05) is 13.1 Å². The largest absolute Gasteiger partial charge is 0.328 e. The average molecular weight is 441 g/mol. The summed E-state index contributed by atoms with van der Waals surface area (Å²) >= 11 is 1.74. The minimum atomic E-state index is -0.146. The van der Waals surface area contributed by atoms with Crippen molar-refractivity contribution in [1.29, 1.82) is 0 Å². The molecule has 1 fully saturated rings. The van der Waals surface area contributed by atoms with Gasteiger partial charge >= 0.3 is 0 Å². The number of hydrogen-bond acceptors (Lipinski definition) is 5. The first-order chi connectivity index (χ1) is 15.0. The van der Waals surface area contributed by atoms with Crippen LogP contribution in [0.2, 0.25) is 0 Å². The third-order valence-corrected chi connectivity index (χ3v) is 8.31. The normalized spacial score (nSPS) is 21.8. The van der Waals surface area contributed by atoms with Crippen molar-refractivity contribution in [3.05, 3.63) is 48.8 Å². The summed E-state index contributed by atoms with van der Waals surface area (Å²) in [5, 5.41) is 2.06. The number of H-pyrrole nitrogens is 1. The van der Waals surface area contributed by atoms with Crippen LogP contribution in [0.1, 0.15) is 89.9 Å². The van der Waals surface area contributed by atoms with Crippen LogP contribution in [0.25, 0.3) is 0 Å². The van der Waals surface area contributed by atoms with E-state index in [-0.39, 0.29) is 17.5 Å². The number of thiophene rings is 1. The molecule has 2 aliphatic heterocycles. The number of fused-ring (bicyclic) bond motifs is 2. The summed E-state index contributed by atoms with van der Waals surface area (Å²) in [7, 11) is 0. The number of amides is 1. The van der Waals surface area contributed by atoms with Crippen molar-refractivity contribution >= 4 is 17.2 Å². The standard InChI is InChI=1S/C24H32N4O2S/c1-15(2)27-12-10-17-19(13-27)25-22(26-23(17)29)20-8-5-6-11-28(20)24(30)18-14-31-21-9-4-3-7-16(18)21/h14-15,20H,3-13H2,1-2H3,(H,25,26,29). The maximum absolute atomic E-state index is 13.6. The monoisotopic (exact) mass is 440 g/mol. The van der Waals surface area contributed by atoms with Crippen LogP contribution in [-0.2, 0) is 25.8 Å². The molecule has 0 radical (unpaired) electrons. The van der Waals surface area contributed by atoms with Gasteiger partial charge in [0, 0.05) is 41.5 Å². The van der Waals surface area contributed by atoms with Crippen molar-refractivity contribution in [3.8, 4) is 0 Å². The maximum atomic E-state index is 13.6. The second-order valence-electron chi connectivity index (χ2n) is 9.46. The van der Waals surface area contributed by atoms with Gasteiger partial charge in [0.05, 0.1) is 17.3 Å². The fraction of sp³-hybridized carbons (Fsp3) is 0.625. The van der Waals surface area contributed by atoms with E-state index in [4.69, 9.17) is 4.98 Å². The molecule has 0 saturated carbocycles. The molecule has 1 amide bonds. The van der Waals surface area contributed by atoms with Crippen LogP contribution in [-0.4, -0.2) is 44.8 Å². The fourth-order valence-corrected chi connectivity index (χ4v) is 6.48. The summed E-state index contributed by atoms with van der Waals surface area (Å²) in [6.07, 6.45) is 8.15. The SMILES string of the molecule is CC(C)N1CCc2c(nc(C3CCCCN3C(=O)c3csc4c3CCCC4)[nH]c2=O)C1. The number of rotatable bonds is 3. The van der Waals surface area contributed by atoms with Gasteiger partial charge in [0.1, 0.15) is 5.82 Å². The smallest absolute Gasteiger partial charge is 0.255 e. The van der Waals surface area contributed by atoms with Gasteiger partial charge in [0.15, 0.2) is 0 Å². The fourth-order valence-electron chi connectivity index (χ4n) is 5.36. The number of nitrogens with one attached hydrogen (secondary N) is 1. The van der Waals surface area contributed by atoms with Gasteiger partial charge in [0.2, 0.25) is 0 Å². The molecule has 4 heterocycles. The van der Waals surface area contributed by atoms with Gasteiger partial charge in [-0.15, -0.1) is 11.3 Å². The van der Waals surface area contributed by atoms with Gasteiger partial charge in [-0.25, -0.2) is 4.98 Å². The first kappa shape index (κ1) is 20.9. The van der Waals surface area contributed by atoms with E-state index in [1.54, 1.807) is 11.3 Å². The molecular weight excluding hydrogens is 408 g/mol. The maximum Gasteiger partial charge on any atom is 0.255 e. The Balaban J connectivity index is 1.47. The van der Waals surface area contributed by atoms with Gasteiger partial charge in [-0.3, -0.25) is 14.5 Å². The molecule has 1 atom stereocenters. The van der Waals surface area contributed by atoms with Crippen LogP contribution in [0.5, 0.6) is 0 Å². The lowest BCUT2D eigenvalue weighted by atomic mass is 9.94. The Labute approximate surface area is 187 Å². The third kappa shape index (κ3) is 3.87. The Bertz CT molecular complexity index is 1040. The summed E-state index contributed by atoms with van der Waals surface area (Å²) in [4.78, 5) is 40.3. The van der Waals surface area contributed by atoms with Crippen LogP contribution in [0.15, 0.2) is 10.2 Å². The lowest BCUT2D eigenvalue weighted by Gasteiger charge is -2.36. The number of nitrogens with zero attached hydrogens (tertiary/aromatic N) is 3. The quantitative estimate of drug-likeness (QED) is 0.787. The van der Waals surface area contributed by atoms with Gasteiger partial charge in [-0.2, -0.15) is 0 Å². The molecule has 0 spiro atoms. The lowest BCUT2D eigenvalue weighted by Crippen LogP contribution is -2.42. The van der Waals surface area contributed by atoms with Crippen LogP contribution in [0.4, 0.5) is 0 Å². The van der Waals surface area contributed by atoms with Crippen molar-refractivity contribution in [2.24, 2.45) is 0 Å². The van der Waals surface area contributed by atoms with Crippen LogP contribution in [0.3, 0.4) is 0 Å². The number of carbonyl (C=O) groups excluding carboxylic acids is 1. The summed E-state index contributed by atoms with van der Waals surface area (Å²) in [6.45, 7) is 6.70. The number of hydrogen-bond donors (Lipinski definition) is 1.